The Morgan fingerprint density at radius 3 is 2.88 bits per heavy atom. The maximum Gasteiger partial charge on any atom is 0.150 e. The number of para-hydroxylation sites is 1. The van der Waals surface area contributed by atoms with Crippen molar-refractivity contribution in [2.75, 3.05) is 6.61 Å². The van der Waals surface area contributed by atoms with Crippen LogP contribution in [-0.4, -0.2) is 17.8 Å². The molecule has 0 radical (unpaired) electrons. The van der Waals surface area contributed by atoms with Gasteiger partial charge in [0.2, 0.25) is 0 Å². The smallest absolute Gasteiger partial charge is 0.150 e. The third kappa shape index (κ3) is 1.29. The van der Waals surface area contributed by atoms with Crippen molar-refractivity contribution in [3.63, 3.8) is 0 Å². The van der Waals surface area contributed by atoms with Crippen molar-refractivity contribution in [3.05, 3.63) is 36.1 Å². The van der Waals surface area contributed by atoms with Crippen LogP contribution in [0.4, 0.5) is 0 Å². The summed E-state index contributed by atoms with van der Waals surface area (Å²) >= 11 is 0. The molecule has 16 heavy (non-hydrogen) atoms. The fourth-order valence-corrected chi connectivity index (χ4v) is 2.25. The van der Waals surface area contributed by atoms with E-state index in [9.17, 15) is 5.11 Å². The molecule has 0 spiro atoms. The second kappa shape index (κ2) is 3.34. The number of benzene rings is 1. The van der Waals surface area contributed by atoms with Crippen LogP contribution in [0.3, 0.4) is 0 Å². The summed E-state index contributed by atoms with van der Waals surface area (Å²) in [5.74, 6) is 0.610. The summed E-state index contributed by atoms with van der Waals surface area (Å²) in [6.07, 6.45) is 0.377. The topological polar surface area (TPSA) is 42.6 Å². The van der Waals surface area contributed by atoms with Gasteiger partial charge in [-0.25, -0.2) is 0 Å². The summed E-state index contributed by atoms with van der Waals surface area (Å²) in [7, 11) is 0. The molecule has 1 N–H and O–H groups in total. The predicted molar refractivity (Wildman–Crippen MR) is 60.1 cm³/mol. The molecule has 1 fully saturated rings. The molecule has 84 valence electrons. The largest absolute Gasteiger partial charge is 0.458 e. The Hall–Kier alpha value is -1.32. The van der Waals surface area contributed by atoms with Crippen molar-refractivity contribution in [1.29, 1.82) is 0 Å². The van der Waals surface area contributed by atoms with E-state index in [1.807, 2.05) is 37.3 Å². The molecule has 0 amide bonds. The number of furan rings is 1. The van der Waals surface area contributed by atoms with E-state index in [-0.39, 0.29) is 6.10 Å². The molecule has 2 atom stereocenters. The first kappa shape index (κ1) is 9.87. The second-order valence-corrected chi connectivity index (χ2v) is 4.34. The van der Waals surface area contributed by atoms with Gasteiger partial charge in [-0.1, -0.05) is 18.2 Å². The van der Waals surface area contributed by atoms with Gasteiger partial charge in [0.1, 0.15) is 16.9 Å². The highest BCUT2D eigenvalue weighted by Gasteiger charge is 2.43. The summed E-state index contributed by atoms with van der Waals surface area (Å²) in [6, 6.07) is 9.67. The van der Waals surface area contributed by atoms with Crippen LogP contribution in [0.25, 0.3) is 11.0 Å². The minimum absolute atomic E-state index is 0.215. The highest BCUT2D eigenvalue weighted by Crippen LogP contribution is 2.38. The van der Waals surface area contributed by atoms with E-state index in [1.165, 1.54) is 0 Å². The Bertz CT molecular complexity index is 484. The van der Waals surface area contributed by atoms with Gasteiger partial charge in [0, 0.05) is 11.8 Å². The lowest BCUT2D eigenvalue weighted by atomic mass is 9.93. The zero-order valence-corrected chi connectivity index (χ0v) is 9.14. The molecule has 3 heteroatoms. The van der Waals surface area contributed by atoms with Gasteiger partial charge < -0.3 is 14.3 Å². The first-order chi connectivity index (χ1) is 7.70. The lowest BCUT2D eigenvalue weighted by Gasteiger charge is -2.22. The van der Waals surface area contributed by atoms with Crippen LogP contribution in [0.2, 0.25) is 0 Å². The number of aliphatic hydroxyl groups is 1. The minimum Gasteiger partial charge on any atom is -0.458 e. The first-order valence-electron chi connectivity index (χ1n) is 5.53. The molecule has 2 heterocycles. The van der Waals surface area contributed by atoms with Gasteiger partial charge in [-0.3, -0.25) is 0 Å². The van der Waals surface area contributed by atoms with Crippen molar-refractivity contribution < 1.29 is 14.3 Å². The summed E-state index contributed by atoms with van der Waals surface area (Å²) in [4.78, 5) is 0. The van der Waals surface area contributed by atoms with E-state index < -0.39 is 5.60 Å². The van der Waals surface area contributed by atoms with Crippen molar-refractivity contribution in [2.24, 2.45) is 0 Å². The Kier molecular flexibility index (Phi) is 2.06. The standard InChI is InChI=1S/C13H14O3/c1-9-13(14,6-7-15-9)12-8-10-4-2-3-5-11(10)16-12/h2-5,8-9,14H,6-7H2,1H3. The monoisotopic (exact) mass is 218 g/mol. The average molecular weight is 218 g/mol. The summed E-state index contributed by atoms with van der Waals surface area (Å²) in [5.41, 5.74) is -0.163. The quantitative estimate of drug-likeness (QED) is 0.799. The fraction of sp³-hybridized carbons (Fsp3) is 0.385. The van der Waals surface area contributed by atoms with Crippen molar-refractivity contribution >= 4 is 11.0 Å². The molecule has 1 aliphatic heterocycles. The maximum atomic E-state index is 10.5. The highest BCUT2D eigenvalue weighted by molar-refractivity contribution is 5.77. The molecule has 2 unspecified atom stereocenters. The number of ether oxygens (including phenoxy) is 1. The van der Waals surface area contributed by atoms with Crippen LogP contribution in [0.1, 0.15) is 19.1 Å². The molecule has 1 aromatic heterocycles. The van der Waals surface area contributed by atoms with Crippen molar-refractivity contribution in [2.45, 2.75) is 25.0 Å². The Morgan fingerprint density at radius 1 is 1.38 bits per heavy atom. The minimum atomic E-state index is -0.973. The molecular formula is C13H14O3. The Balaban J connectivity index is 2.12. The van der Waals surface area contributed by atoms with E-state index in [4.69, 9.17) is 9.15 Å². The van der Waals surface area contributed by atoms with Gasteiger partial charge in [-0.2, -0.15) is 0 Å². The number of hydrogen-bond acceptors (Lipinski definition) is 3. The Labute approximate surface area is 93.6 Å². The predicted octanol–water partition coefficient (Wildman–Crippen LogP) is 2.43. The third-order valence-electron chi connectivity index (χ3n) is 3.38. The van der Waals surface area contributed by atoms with Crippen LogP contribution >= 0.6 is 0 Å². The molecule has 3 rings (SSSR count). The van der Waals surface area contributed by atoms with Gasteiger partial charge in [-0.05, 0) is 19.1 Å². The van der Waals surface area contributed by atoms with Gasteiger partial charge in [0.15, 0.2) is 0 Å². The second-order valence-electron chi connectivity index (χ2n) is 4.34. The van der Waals surface area contributed by atoms with Gasteiger partial charge in [0.05, 0.1) is 12.7 Å². The molecule has 2 aromatic rings. The average Bonchev–Trinajstić information content (AvgIpc) is 2.84. The number of fused-ring (bicyclic) bond motifs is 1. The summed E-state index contributed by atoms with van der Waals surface area (Å²) in [5, 5.41) is 11.5. The fourth-order valence-electron chi connectivity index (χ4n) is 2.25. The van der Waals surface area contributed by atoms with Gasteiger partial charge >= 0.3 is 0 Å². The lowest BCUT2D eigenvalue weighted by molar-refractivity contribution is -0.0451. The van der Waals surface area contributed by atoms with Crippen LogP contribution in [0.15, 0.2) is 34.7 Å². The van der Waals surface area contributed by atoms with E-state index in [1.54, 1.807) is 0 Å². The summed E-state index contributed by atoms with van der Waals surface area (Å²) < 4.78 is 11.1. The van der Waals surface area contributed by atoms with Crippen LogP contribution in [-0.2, 0) is 10.3 Å². The van der Waals surface area contributed by atoms with Crippen LogP contribution in [0, 0.1) is 0 Å². The number of rotatable bonds is 1. The van der Waals surface area contributed by atoms with Crippen molar-refractivity contribution in [1.82, 2.24) is 0 Å². The lowest BCUT2D eigenvalue weighted by Crippen LogP contribution is -2.32. The van der Waals surface area contributed by atoms with E-state index in [2.05, 4.69) is 0 Å². The highest BCUT2D eigenvalue weighted by atomic mass is 16.5. The molecule has 3 nitrogen and oxygen atoms in total. The molecule has 0 saturated carbocycles. The zero-order chi connectivity index (χ0) is 11.2. The van der Waals surface area contributed by atoms with E-state index in [0.717, 1.165) is 11.0 Å². The van der Waals surface area contributed by atoms with Gasteiger partial charge in [0.25, 0.3) is 0 Å². The van der Waals surface area contributed by atoms with Crippen molar-refractivity contribution in [3.8, 4) is 0 Å². The van der Waals surface area contributed by atoms with E-state index >= 15 is 0 Å². The van der Waals surface area contributed by atoms with Gasteiger partial charge in [-0.15, -0.1) is 0 Å². The van der Waals surface area contributed by atoms with Crippen LogP contribution < -0.4 is 0 Å². The zero-order valence-electron chi connectivity index (χ0n) is 9.14. The molecule has 1 aromatic carbocycles. The Morgan fingerprint density at radius 2 is 2.19 bits per heavy atom. The van der Waals surface area contributed by atoms with Crippen LogP contribution in [0.5, 0.6) is 0 Å². The SMILES string of the molecule is CC1OCCC1(O)c1cc2ccccc2o1. The molecule has 1 saturated heterocycles. The number of hydrogen-bond donors (Lipinski definition) is 1. The molecule has 0 aliphatic carbocycles. The molecule has 1 aliphatic rings. The first-order valence-corrected chi connectivity index (χ1v) is 5.53. The summed E-state index contributed by atoms with van der Waals surface area (Å²) in [6.45, 7) is 2.45. The maximum absolute atomic E-state index is 10.5. The van der Waals surface area contributed by atoms with E-state index in [0.29, 0.717) is 18.8 Å². The molecular weight excluding hydrogens is 204 g/mol. The molecule has 0 bridgehead atoms. The normalized spacial score (nSPS) is 30.0. The third-order valence-corrected chi connectivity index (χ3v) is 3.38.